The fourth-order valence-corrected chi connectivity index (χ4v) is 3.51. The predicted octanol–water partition coefficient (Wildman–Crippen LogP) is 1.71. The lowest BCUT2D eigenvalue weighted by Crippen LogP contribution is -2.47. The minimum Gasteiger partial charge on any atom is -0.340 e. The van der Waals surface area contributed by atoms with E-state index in [1.165, 1.54) is 0 Å². The molecule has 9 heteroatoms. The summed E-state index contributed by atoms with van der Waals surface area (Å²) in [6.07, 6.45) is 4.00. The van der Waals surface area contributed by atoms with Crippen molar-refractivity contribution in [1.82, 2.24) is 20.1 Å². The van der Waals surface area contributed by atoms with Gasteiger partial charge in [0.25, 0.3) is 0 Å². The van der Waals surface area contributed by atoms with Gasteiger partial charge >= 0.3 is 0 Å². The zero-order valence-corrected chi connectivity index (χ0v) is 18.0. The highest BCUT2D eigenvalue weighted by Crippen LogP contribution is 2.19. The number of halogens is 2. The minimum atomic E-state index is 0. The molecule has 2 aliphatic heterocycles. The van der Waals surface area contributed by atoms with Gasteiger partial charge in [0.05, 0.1) is 0 Å². The molecule has 28 heavy (non-hydrogen) atoms. The first-order valence-corrected chi connectivity index (χ1v) is 9.56. The molecule has 2 saturated heterocycles. The molecule has 1 aromatic heterocycles. The third-order valence-corrected chi connectivity index (χ3v) is 5.23. The number of piperazine rings is 1. The number of aromatic nitrogens is 1. The number of rotatable bonds is 5. The van der Waals surface area contributed by atoms with Crippen LogP contribution in [-0.4, -0.2) is 72.4 Å². The van der Waals surface area contributed by atoms with Crippen molar-refractivity contribution in [3.05, 3.63) is 23.9 Å². The van der Waals surface area contributed by atoms with Crippen LogP contribution in [0.25, 0.3) is 0 Å². The van der Waals surface area contributed by atoms with Gasteiger partial charge in [0.1, 0.15) is 5.82 Å². The largest absolute Gasteiger partial charge is 0.340 e. The topological polar surface area (TPSA) is 77.6 Å². The Morgan fingerprint density at radius 3 is 2.43 bits per heavy atom. The molecule has 2 N–H and O–H groups in total. The van der Waals surface area contributed by atoms with E-state index in [0.717, 1.165) is 64.2 Å². The van der Waals surface area contributed by atoms with E-state index in [2.05, 4.69) is 20.5 Å². The minimum absolute atomic E-state index is 0. The van der Waals surface area contributed by atoms with E-state index in [-0.39, 0.29) is 42.5 Å². The first-order valence-electron chi connectivity index (χ1n) is 9.56. The number of hydrogen-bond acceptors (Lipinski definition) is 5. The molecular weight excluding hydrogens is 401 g/mol. The summed E-state index contributed by atoms with van der Waals surface area (Å²) in [5.41, 5.74) is 1.08. The molecule has 2 amide bonds. The molecule has 158 valence electrons. The molecule has 2 aliphatic rings. The Hall–Kier alpha value is -1.41. The summed E-state index contributed by atoms with van der Waals surface area (Å²) in [4.78, 5) is 33.1. The number of carbonyl (C=O) groups is 2. The van der Waals surface area contributed by atoms with E-state index in [0.29, 0.717) is 12.2 Å². The van der Waals surface area contributed by atoms with Gasteiger partial charge < -0.3 is 20.4 Å². The summed E-state index contributed by atoms with van der Waals surface area (Å²) in [7, 11) is 0. The lowest BCUT2D eigenvalue weighted by molar-refractivity contribution is -0.132. The second-order valence-corrected chi connectivity index (χ2v) is 7.21. The molecule has 0 bridgehead atoms. The van der Waals surface area contributed by atoms with Crippen molar-refractivity contribution >= 4 is 42.4 Å². The fourth-order valence-electron chi connectivity index (χ4n) is 3.51. The third kappa shape index (κ3) is 7.20. The van der Waals surface area contributed by atoms with Crippen LogP contribution in [0.5, 0.6) is 0 Å². The number of piperidine rings is 1. The monoisotopic (exact) mass is 431 g/mol. The second kappa shape index (κ2) is 12.2. The molecule has 1 aromatic rings. The molecule has 0 aromatic carbocycles. The lowest BCUT2D eigenvalue weighted by atomic mass is 9.96. The normalized spacial score (nSPS) is 18.0. The van der Waals surface area contributed by atoms with E-state index >= 15 is 0 Å². The van der Waals surface area contributed by atoms with Crippen LogP contribution in [-0.2, 0) is 9.59 Å². The van der Waals surface area contributed by atoms with Crippen molar-refractivity contribution in [3.8, 4) is 0 Å². The number of nitrogens with zero attached hydrogens (tertiary/aromatic N) is 3. The van der Waals surface area contributed by atoms with E-state index in [1.807, 2.05) is 24.0 Å². The van der Waals surface area contributed by atoms with Crippen molar-refractivity contribution in [2.75, 3.05) is 51.1 Å². The maximum Gasteiger partial charge on any atom is 0.228 e. The van der Waals surface area contributed by atoms with Crippen molar-refractivity contribution in [2.45, 2.75) is 26.2 Å². The first-order chi connectivity index (χ1) is 12.6. The van der Waals surface area contributed by atoms with E-state index in [4.69, 9.17) is 0 Å². The molecule has 0 spiro atoms. The summed E-state index contributed by atoms with van der Waals surface area (Å²) >= 11 is 0. The Kier molecular flexibility index (Phi) is 10.7. The number of amides is 2. The number of aryl methyl sites for hydroxylation is 1. The molecule has 0 radical (unpaired) electrons. The van der Waals surface area contributed by atoms with Crippen LogP contribution >= 0.6 is 24.8 Å². The molecule has 7 nitrogen and oxygen atoms in total. The number of pyridine rings is 1. The summed E-state index contributed by atoms with van der Waals surface area (Å²) in [5, 5.41) is 6.18. The Morgan fingerprint density at radius 1 is 1.14 bits per heavy atom. The van der Waals surface area contributed by atoms with Crippen LogP contribution in [0, 0.1) is 12.8 Å². The number of likely N-dealkylation sites (tertiary alicyclic amines) is 1. The number of anilines is 1. The quantitative estimate of drug-likeness (QED) is 0.741. The average Bonchev–Trinajstić information content (AvgIpc) is 2.69. The number of nitrogens with one attached hydrogen (secondary N) is 2. The molecule has 3 heterocycles. The Balaban J connectivity index is 0.00000196. The van der Waals surface area contributed by atoms with Gasteiger partial charge in [0.15, 0.2) is 0 Å². The molecule has 2 fully saturated rings. The van der Waals surface area contributed by atoms with E-state index < -0.39 is 0 Å². The van der Waals surface area contributed by atoms with Gasteiger partial charge in [0, 0.05) is 51.3 Å². The Labute approximate surface area is 179 Å². The van der Waals surface area contributed by atoms with E-state index in [9.17, 15) is 9.59 Å². The smallest absolute Gasteiger partial charge is 0.228 e. The van der Waals surface area contributed by atoms with Gasteiger partial charge in [-0.2, -0.15) is 0 Å². The van der Waals surface area contributed by atoms with Crippen LogP contribution in [0.3, 0.4) is 0 Å². The lowest BCUT2D eigenvalue weighted by Gasteiger charge is -2.32. The summed E-state index contributed by atoms with van der Waals surface area (Å²) in [5.74, 6) is 0.942. The SMILES string of the molecule is Cc1ccc(NC(=O)C2CCN(CCC(=O)N3CCNCC3)CC2)nc1.Cl.Cl. The molecule has 0 atom stereocenters. The van der Waals surface area contributed by atoms with Gasteiger partial charge in [-0.3, -0.25) is 9.59 Å². The number of carbonyl (C=O) groups excluding carboxylic acids is 2. The Morgan fingerprint density at radius 2 is 1.82 bits per heavy atom. The standard InChI is InChI=1S/C19H29N5O2.2ClH/c1-15-2-3-17(21-14-15)22-19(26)16-4-9-23(10-5-16)11-6-18(25)24-12-7-20-8-13-24;;/h2-3,14,16,20H,4-13H2,1H3,(H,21,22,26);2*1H. The van der Waals surface area contributed by atoms with Crippen LogP contribution in [0.2, 0.25) is 0 Å². The van der Waals surface area contributed by atoms with Crippen LogP contribution in [0.15, 0.2) is 18.3 Å². The van der Waals surface area contributed by atoms with E-state index in [1.54, 1.807) is 6.20 Å². The summed E-state index contributed by atoms with van der Waals surface area (Å²) < 4.78 is 0. The average molecular weight is 432 g/mol. The van der Waals surface area contributed by atoms with Crippen LogP contribution < -0.4 is 10.6 Å². The third-order valence-electron chi connectivity index (χ3n) is 5.23. The molecule has 3 rings (SSSR count). The first kappa shape index (κ1) is 24.6. The zero-order valence-electron chi connectivity index (χ0n) is 16.4. The fraction of sp³-hybridized carbons (Fsp3) is 0.632. The van der Waals surface area contributed by atoms with Crippen molar-refractivity contribution < 1.29 is 9.59 Å². The van der Waals surface area contributed by atoms with Crippen LogP contribution in [0.4, 0.5) is 5.82 Å². The van der Waals surface area contributed by atoms with Crippen molar-refractivity contribution in [1.29, 1.82) is 0 Å². The molecule has 0 unspecified atom stereocenters. The van der Waals surface area contributed by atoms with Crippen molar-refractivity contribution in [3.63, 3.8) is 0 Å². The molecule has 0 aliphatic carbocycles. The highest BCUT2D eigenvalue weighted by atomic mass is 35.5. The van der Waals surface area contributed by atoms with Crippen LogP contribution in [0.1, 0.15) is 24.8 Å². The maximum absolute atomic E-state index is 12.4. The summed E-state index contributed by atoms with van der Waals surface area (Å²) in [6, 6.07) is 3.78. The zero-order chi connectivity index (χ0) is 18.4. The second-order valence-electron chi connectivity index (χ2n) is 7.21. The van der Waals surface area contributed by atoms with Gasteiger partial charge in [-0.1, -0.05) is 6.07 Å². The van der Waals surface area contributed by atoms with Gasteiger partial charge in [-0.25, -0.2) is 4.98 Å². The van der Waals surface area contributed by atoms with Gasteiger partial charge in [-0.05, 0) is 44.5 Å². The predicted molar refractivity (Wildman–Crippen MR) is 115 cm³/mol. The highest BCUT2D eigenvalue weighted by molar-refractivity contribution is 5.91. The number of hydrogen-bond donors (Lipinski definition) is 2. The Bertz CT molecular complexity index is 615. The van der Waals surface area contributed by atoms with Gasteiger partial charge in [-0.15, -0.1) is 24.8 Å². The molecule has 0 saturated carbocycles. The molecular formula is C19H31Cl2N5O2. The van der Waals surface area contributed by atoms with Crippen molar-refractivity contribution in [2.24, 2.45) is 5.92 Å². The summed E-state index contributed by atoms with van der Waals surface area (Å²) in [6.45, 7) is 7.91. The highest BCUT2D eigenvalue weighted by Gasteiger charge is 2.26. The maximum atomic E-state index is 12.4. The van der Waals surface area contributed by atoms with Gasteiger partial charge in [0.2, 0.25) is 11.8 Å².